The Morgan fingerprint density at radius 2 is 1.64 bits per heavy atom. The van der Waals surface area contributed by atoms with Crippen molar-refractivity contribution in [1.82, 2.24) is 0 Å². The number of rotatable bonds is 2. The molecule has 3 rings (SSSR count). The van der Waals surface area contributed by atoms with E-state index in [2.05, 4.69) is 11.4 Å². The van der Waals surface area contributed by atoms with Crippen LogP contribution in [0.3, 0.4) is 0 Å². The molecule has 3 nitrogen and oxygen atoms in total. The third kappa shape index (κ3) is 2.52. The Morgan fingerprint density at radius 3 is 2.36 bits per heavy atom. The molecule has 22 heavy (non-hydrogen) atoms. The lowest BCUT2D eigenvalue weighted by Crippen LogP contribution is -2.12. The van der Waals surface area contributed by atoms with Gasteiger partial charge in [0.2, 0.25) is 0 Å². The quantitative estimate of drug-likeness (QED) is 0.772. The number of amides is 1. The van der Waals surface area contributed by atoms with Gasteiger partial charge >= 0.3 is 0 Å². The molecule has 3 aromatic rings. The lowest BCUT2D eigenvalue weighted by molar-refractivity contribution is 0.102. The van der Waals surface area contributed by atoms with E-state index < -0.39 is 0 Å². The van der Waals surface area contributed by atoms with Gasteiger partial charge < -0.3 is 5.32 Å². The predicted molar refractivity (Wildman–Crippen MR) is 83.0 cm³/mol. The van der Waals surface area contributed by atoms with Crippen molar-refractivity contribution in [2.24, 2.45) is 0 Å². The van der Waals surface area contributed by atoms with Gasteiger partial charge in [-0.15, -0.1) is 0 Å². The minimum atomic E-state index is -0.389. The minimum Gasteiger partial charge on any atom is -0.321 e. The molecular weight excluding hydrogens is 279 g/mol. The molecule has 0 aromatic heterocycles. The molecule has 0 radical (unpaired) electrons. The smallest absolute Gasteiger partial charge is 0.255 e. The van der Waals surface area contributed by atoms with Crippen molar-refractivity contribution in [2.75, 3.05) is 5.32 Å². The number of nitriles is 1. The van der Waals surface area contributed by atoms with Crippen molar-refractivity contribution in [2.45, 2.75) is 0 Å². The van der Waals surface area contributed by atoms with Crippen LogP contribution in [-0.2, 0) is 0 Å². The zero-order valence-corrected chi connectivity index (χ0v) is 11.5. The fraction of sp³-hybridized carbons (Fsp3) is 0. The maximum atomic E-state index is 12.9. The summed E-state index contributed by atoms with van der Waals surface area (Å²) in [5.41, 5.74) is 1.54. The number of hydrogen-bond acceptors (Lipinski definition) is 2. The van der Waals surface area contributed by atoms with Crippen LogP contribution >= 0.6 is 0 Å². The normalized spacial score (nSPS) is 10.2. The monoisotopic (exact) mass is 290 g/mol. The van der Waals surface area contributed by atoms with E-state index in [0.29, 0.717) is 16.8 Å². The van der Waals surface area contributed by atoms with Crippen LogP contribution in [0.25, 0.3) is 10.8 Å². The first-order valence-corrected chi connectivity index (χ1v) is 6.68. The van der Waals surface area contributed by atoms with Gasteiger partial charge in [-0.25, -0.2) is 4.39 Å². The molecule has 0 aliphatic heterocycles. The maximum absolute atomic E-state index is 12.9. The largest absolute Gasteiger partial charge is 0.321 e. The van der Waals surface area contributed by atoms with Crippen molar-refractivity contribution in [3.05, 3.63) is 77.6 Å². The van der Waals surface area contributed by atoms with Gasteiger partial charge in [0.15, 0.2) is 0 Å². The Hall–Kier alpha value is -3.19. The van der Waals surface area contributed by atoms with Crippen LogP contribution < -0.4 is 5.32 Å². The molecule has 1 amide bonds. The summed E-state index contributed by atoms with van der Waals surface area (Å²) in [6.45, 7) is 0. The zero-order valence-electron chi connectivity index (χ0n) is 11.5. The number of nitrogens with zero attached hydrogens (tertiary/aromatic N) is 1. The second-order valence-corrected chi connectivity index (χ2v) is 4.78. The summed E-state index contributed by atoms with van der Waals surface area (Å²) in [6.07, 6.45) is 0. The van der Waals surface area contributed by atoms with E-state index in [0.717, 1.165) is 10.8 Å². The molecule has 1 N–H and O–H groups in total. The Labute approximate surface area is 126 Å². The average Bonchev–Trinajstić information content (AvgIpc) is 2.55. The van der Waals surface area contributed by atoms with E-state index in [1.165, 1.54) is 24.3 Å². The van der Waals surface area contributed by atoms with Crippen LogP contribution in [0.5, 0.6) is 0 Å². The Morgan fingerprint density at radius 1 is 0.955 bits per heavy atom. The van der Waals surface area contributed by atoms with Gasteiger partial charge in [0, 0.05) is 22.0 Å². The summed E-state index contributed by atoms with van der Waals surface area (Å²) < 4.78 is 12.9. The summed E-state index contributed by atoms with van der Waals surface area (Å²) in [6, 6.07) is 18.2. The molecule has 0 unspecified atom stereocenters. The lowest BCUT2D eigenvalue weighted by atomic mass is 10.0. The second-order valence-electron chi connectivity index (χ2n) is 4.78. The number of nitrogens with one attached hydrogen (secondary N) is 1. The number of fused-ring (bicyclic) bond motifs is 1. The number of benzene rings is 3. The number of carbonyl (C=O) groups is 1. The highest BCUT2D eigenvalue weighted by Crippen LogP contribution is 2.26. The molecule has 0 heterocycles. The van der Waals surface area contributed by atoms with Crippen LogP contribution in [0, 0.1) is 17.1 Å². The third-order valence-corrected chi connectivity index (χ3v) is 3.40. The Bertz CT molecular complexity index is 895. The van der Waals surface area contributed by atoms with Gasteiger partial charge in [-0.1, -0.05) is 24.3 Å². The second kappa shape index (κ2) is 5.66. The molecule has 0 aliphatic rings. The van der Waals surface area contributed by atoms with Gasteiger partial charge in [-0.2, -0.15) is 5.26 Å². The summed E-state index contributed by atoms with van der Waals surface area (Å²) in [4.78, 5) is 12.2. The molecule has 0 spiro atoms. The molecule has 4 heteroatoms. The predicted octanol–water partition coefficient (Wildman–Crippen LogP) is 4.10. The first-order chi connectivity index (χ1) is 10.7. The molecule has 106 valence electrons. The highest BCUT2D eigenvalue weighted by atomic mass is 19.1. The van der Waals surface area contributed by atoms with Gasteiger partial charge in [0.25, 0.3) is 5.91 Å². The molecule has 0 atom stereocenters. The van der Waals surface area contributed by atoms with E-state index >= 15 is 0 Å². The summed E-state index contributed by atoms with van der Waals surface area (Å²) in [7, 11) is 0. The highest BCUT2D eigenvalue weighted by molar-refractivity contribution is 6.09. The number of halogens is 1. The van der Waals surface area contributed by atoms with Gasteiger partial charge in [0.1, 0.15) is 5.82 Å². The number of anilines is 1. The van der Waals surface area contributed by atoms with Gasteiger partial charge in [-0.05, 0) is 36.4 Å². The van der Waals surface area contributed by atoms with E-state index in [4.69, 9.17) is 5.26 Å². The van der Waals surface area contributed by atoms with E-state index in [1.54, 1.807) is 24.3 Å². The van der Waals surface area contributed by atoms with Crippen LogP contribution in [0.1, 0.15) is 15.9 Å². The van der Waals surface area contributed by atoms with E-state index in [-0.39, 0.29) is 11.7 Å². The van der Waals surface area contributed by atoms with Crippen LogP contribution in [0.15, 0.2) is 60.7 Å². The molecule has 0 saturated carbocycles. The first-order valence-electron chi connectivity index (χ1n) is 6.68. The fourth-order valence-electron chi connectivity index (χ4n) is 2.31. The topological polar surface area (TPSA) is 52.9 Å². The molecule has 0 bridgehead atoms. The van der Waals surface area contributed by atoms with E-state index in [9.17, 15) is 9.18 Å². The molecule has 0 aliphatic carbocycles. The van der Waals surface area contributed by atoms with Crippen molar-refractivity contribution >= 4 is 22.4 Å². The fourth-order valence-corrected chi connectivity index (χ4v) is 2.31. The van der Waals surface area contributed by atoms with Crippen molar-refractivity contribution in [3.63, 3.8) is 0 Å². The maximum Gasteiger partial charge on any atom is 0.255 e. The van der Waals surface area contributed by atoms with Crippen molar-refractivity contribution in [1.29, 1.82) is 5.26 Å². The SMILES string of the molecule is N#Cc1cccc2c(NC(=O)c3ccc(F)cc3)cccc12. The first kappa shape index (κ1) is 13.8. The summed E-state index contributed by atoms with van der Waals surface area (Å²) in [5, 5.41) is 13.5. The lowest BCUT2D eigenvalue weighted by Gasteiger charge is -2.09. The molecule has 0 fully saturated rings. The summed E-state index contributed by atoms with van der Waals surface area (Å²) >= 11 is 0. The van der Waals surface area contributed by atoms with Crippen LogP contribution in [0.2, 0.25) is 0 Å². The standard InChI is InChI=1S/C18H11FN2O/c19-14-9-7-12(8-10-14)18(22)21-17-6-2-4-15-13(11-20)3-1-5-16(15)17/h1-10H,(H,21,22). The zero-order chi connectivity index (χ0) is 15.5. The van der Waals surface area contributed by atoms with Gasteiger partial charge in [-0.3, -0.25) is 4.79 Å². The van der Waals surface area contributed by atoms with Crippen molar-refractivity contribution < 1.29 is 9.18 Å². The average molecular weight is 290 g/mol. The molecule has 3 aromatic carbocycles. The minimum absolute atomic E-state index is 0.324. The van der Waals surface area contributed by atoms with Crippen LogP contribution in [-0.4, -0.2) is 5.91 Å². The van der Waals surface area contributed by atoms with E-state index in [1.807, 2.05) is 12.1 Å². The van der Waals surface area contributed by atoms with Crippen molar-refractivity contribution in [3.8, 4) is 6.07 Å². The highest BCUT2D eigenvalue weighted by Gasteiger charge is 2.09. The molecule has 0 saturated heterocycles. The van der Waals surface area contributed by atoms with Gasteiger partial charge in [0.05, 0.1) is 11.6 Å². The Balaban J connectivity index is 1.99. The third-order valence-electron chi connectivity index (χ3n) is 3.40. The molecular formula is C18H11FN2O. The van der Waals surface area contributed by atoms with Crippen LogP contribution in [0.4, 0.5) is 10.1 Å². The number of hydrogen-bond donors (Lipinski definition) is 1. The Kier molecular flexibility index (Phi) is 3.55. The summed E-state index contributed by atoms with van der Waals surface area (Å²) in [5.74, 6) is -0.713. The number of carbonyl (C=O) groups excluding carboxylic acids is 1.